The molecule has 0 atom stereocenters. The van der Waals surface area contributed by atoms with Gasteiger partial charge in [-0.15, -0.1) is 0 Å². The molecule has 0 aliphatic carbocycles. The number of fused-ring (bicyclic) bond motifs is 8. The largest absolute Gasteiger partial charge is 0.458 e. The van der Waals surface area contributed by atoms with Crippen molar-refractivity contribution in [2.24, 2.45) is 0 Å². The fourth-order valence-corrected chi connectivity index (χ4v) is 10.9. The van der Waals surface area contributed by atoms with Crippen molar-refractivity contribution < 1.29 is 31.3 Å². The third kappa shape index (κ3) is 4.99. The van der Waals surface area contributed by atoms with Crippen LogP contribution in [0.1, 0.15) is 34.6 Å². The predicted octanol–water partition coefficient (Wildman–Crippen LogP) is 8.50. The maximum absolute atomic E-state index is 14.0. The molecule has 10 aromatic rings. The van der Waals surface area contributed by atoms with Gasteiger partial charge in [0.15, 0.2) is 0 Å². The summed E-state index contributed by atoms with van der Waals surface area (Å²) in [6.45, 7) is -0.327. The van der Waals surface area contributed by atoms with Crippen LogP contribution in [-0.4, -0.2) is 25.4 Å². The molecule has 0 bridgehead atoms. The van der Waals surface area contributed by atoms with Gasteiger partial charge in [-0.25, -0.2) is 9.59 Å². The van der Waals surface area contributed by atoms with Gasteiger partial charge in [-0.1, -0.05) is 144 Å². The minimum atomic E-state index is -0.472. The highest BCUT2D eigenvalue weighted by atomic mass is 16.5. The lowest BCUT2D eigenvalue weighted by Crippen LogP contribution is -2.58. The molecule has 0 aromatic heterocycles. The molecule has 8 heteroatoms. The van der Waals surface area contributed by atoms with Crippen LogP contribution in [-0.2, 0) is 22.7 Å². The Morgan fingerprint density at radius 3 is 1.31 bits per heavy atom. The monoisotopic (exact) mass is 824 g/mol. The van der Waals surface area contributed by atoms with Crippen LogP contribution in [0.4, 0.5) is 0 Å². The van der Waals surface area contributed by atoms with Crippen LogP contribution < -0.4 is 42.3 Å². The Balaban J connectivity index is 1.03. The van der Waals surface area contributed by atoms with E-state index in [1.807, 2.05) is 121 Å². The van der Waals surface area contributed by atoms with Gasteiger partial charge in [0.2, 0.25) is 0 Å². The van der Waals surface area contributed by atoms with Crippen LogP contribution in [0.15, 0.2) is 170 Å². The van der Waals surface area contributed by atoms with Gasteiger partial charge < -0.3 is 18.9 Å². The number of rotatable bonds is 6. The van der Waals surface area contributed by atoms with E-state index in [2.05, 4.69) is 24.3 Å². The molecular formula is C56H32B2O6. The minimum Gasteiger partial charge on any atom is -0.458 e. The zero-order chi connectivity index (χ0) is 43.9. The number of ether oxygens (including phenoxy) is 4. The standard InChI is InChI=1S/C56H32B2O6/c59-55(61-29-31-11-3-1-4-12-31)35-23-39-37-21-19-33-26-44-52-38(22-20-34-25-43(51(37)49(33)50(34)52)57-41-15-7-9-17-45(41)63-47(27-35)53(39)57)40-24-36(56(60)62-30-32-13-5-2-6-14-32)28-48-54(40)58(44)42-16-8-10-18-46(42)64-48/h1-28H,29-30H2/i19D,20D. The number of carbonyl (C=O) groups is 2. The van der Waals surface area contributed by atoms with Crippen molar-refractivity contribution in [3.63, 3.8) is 0 Å². The number of hydrogen-bond acceptors (Lipinski definition) is 6. The molecule has 0 saturated heterocycles. The predicted molar refractivity (Wildman–Crippen MR) is 254 cm³/mol. The Kier molecular flexibility index (Phi) is 6.92. The molecule has 0 spiro atoms. The average molecular weight is 825 g/mol. The van der Waals surface area contributed by atoms with Crippen LogP contribution in [0.25, 0.3) is 54.6 Å². The van der Waals surface area contributed by atoms with E-state index in [0.29, 0.717) is 46.2 Å². The quantitative estimate of drug-likeness (QED) is 0.0953. The van der Waals surface area contributed by atoms with Crippen molar-refractivity contribution >= 4 is 90.5 Å². The summed E-state index contributed by atoms with van der Waals surface area (Å²) in [4.78, 5) is 27.9. The number of hydrogen-bond donors (Lipinski definition) is 0. The molecule has 4 aliphatic heterocycles. The number of carbonyl (C=O) groups excluding carboxylic acids is 2. The molecule has 298 valence electrons. The summed E-state index contributed by atoms with van der Waals surface area (Å²) < 4.78 is 44.8. The topological polar surface area (TPSA) is 71.1 Å². The Hall–Kier alpha value is -8.09. The average Bonchev–Trinajstić information content (AvgIpc) is 3.35. The summed E-state index contributed by atoms with van der Waals surface area (Å²) in [6, 6.07) is 51.5. The fourth-order valence-electron chi connectivity index (χ4n) is 10.9. The van der Waals surface area contributed by atoms with Gasteiger partial charge >= 0.3 is 11.9 Å². The van der Waals surface area contributed by atoms with E-state index in [9.17, 15) is 12.3 Å². The van der Waals surface area contributed by atoms with E-state index >= 15 is 0 Å². The fraction of sp³-hybridized carbons (Fsp3) is 0.0357. The van der Waals surface area contributed by atoms with Crippen molar-refractivity contribution in [3.8, 4) is 45.3 Å². The zero-order valence-electron chi connectivity index (χ0n) is 36.0. The molecule has 0 fully saturated rings. The molecule has 0 unspecified atom stereocenters. The van der Waals surface area contributed by atoms with Gasteiger partial charge in [-0.2, -0.15) is 0 Å². The molecule has 0 N–H and O–H groups in total. The molecule has 4 aliphatic rings. The van der Waals surface area contributed by atoms with Crippen molar-refractivity contribution in [2.45, 2.75) is 13.2 Å². The molecule has 4 heterocycles. The Morgan fingerprint density at radius 1 is 0.438 bits per heavy atom. The summed E-state index contributed by atoms with van der Waals surface area (Å²) in [5, 5.41) is 5.30. The van der Waals surface area contributed by atoms with Crippen LogP contribution in [0.5, 0.6) is 23.0 Å². The van der Waals surface area contributed by atoms with Crippen LogP contribution in [0.2, 0.25) is 0 Å². The second kappa shape index (κ2) is 13.2. The van der Waals surface area contributed by atoms with Gasteiger partial charge in [-0.3, -0.25) is 0 Å². The summed E-state index contributed by atoms with van der Waals surface area (Å²) in [5.74, 6) is 1.57. The first-order valence-electron chi connectivity index (χ1n) is 22.5. The first-order chi connectivity index (χ1) is 32.4. The van der Waals surface area contributed by atoms with E-state index < -0.39 is 11.9 Å². The highest BCUT2D eigenvalue weighted by Gasteiger charge is 2.44. The van der Waals surface area contributed by atoms with Gasteiger partial charge in [0.1, 0.15) is 36.2 Å². The number of para-hydroxylation sites is 2. The molecule has 0 radical (unpaired) electrons. The summed E-state index contributed by atoms with van der Waals surface area (Å²) in [5.41, 5.74) is 11.6. The minimum absolute atomic E-state index is 0.122. The van der Waals surface area contributed by atoms with Crippen molar-refractivity contribution in [1.29, 1.82) is 0 Å². The molecule has 6 nitrogen and oxygen atoms in total. The van der Waals surface area contributed by atoms with Gasteiger partial charge in [0.05, 0.1) is 13.9 Å². The highest BCUT2D eigenvalue weighted by Crippen LogP contribution is 2.46. The lowest BCUT2D eigenvalue weighted by molar-refractivity contribution is 0.0464. The number of esters is 2. The second-order valence-electron chi connectivity index (χ2n) is 17.1. The van der Waals surface area contributed by atoms with E-state index in [4.69, 9.17) is 18.9 Å². The maximum atomic E-state index is 14.0. The lowest BCUT2D eigenvalue weighted by atomic mass is 9.32. The van der Waals surface area contributed by atoms with Crippen molar-refractivity contribution in [1.82, 2.24) is 0 Å². The van der Waals surface area contributed by atoms with Gasteiger partial charge in [-0.05, 0) is 124 Å². The third-order valence-electron chi connectivity index (χ3n) is 13.6. The summed E-state index contributed by atoms with van der Waals surface area (Å²) in [6.07, 6.45) is 0. The first kappa shape index (κ1) is 33.5. The van der Waals surface area contributed by atoms with Gasteiger partial charge in [0, 0.05) is 0 Å². The summed E-state index contributed by atoms with van der Waals surface area (Å²) >= 11 is 0. The first-order valence-corrected chi connectivity index (χ1v) is 21.5. The van der Waals surface area contributed by atoms with Crippen LogP contribution in [0.3, 0.4) is 0 Å². The van der Waals surface area contributed by atoms with Crippen LogP contribution in [0, 0.1) is 0 Å². The smallest absolute Gasteiger partial charge is 0.338 e. The molecule has 0 amide bonds. The second-order valence-corrected chi connectivity index (χ2v) is 17.1. The van der Waals surface area contributed by atoms with Crippen molar-refractivity contribution in [2.75, 3.05) is 0 Å². The molecule has 10 aromatic carbocycles. The maximum Gasteiger partial charge on any atom is 0.338 e. The van der Waals surface area contributed by atoms with Crippen molar-refractivity contribution in [3.05, 3.63) is 192 Å². The Bertz CT molecular complexity index is 3550. The molecular weight excluding hydrogens is 790 g/mol. The normalized spacial score (nSPS) is 13.6. The van der Waals surface area contributed by atoms with E-state index in [1.54, 1.807) is 12.1 Å². The van der Waals surface area contributed by atoms with E-state index in [0.717, 1.165) is 98.5 Å². The van der Waals surface area contributed by atoms with Gasteiger partial charge in [0.25, 0.3) is 13.4 Å². The van der Waals surface area contributed by atoms with Crippen LogP contribution >= 0.6 is 0 Å². The molecule has 0 saturated carbocycles. The lowest BCUT2D eigenvalue weighted by Gasteiger charge is -2.36. The SMILES string of the molecule is [2H]c1cc2c3c(cc4c([2H])cc5c6c(cc1c3c46)B1c3ccccc3Oc3cc(C(=O)OCc4ccccc4)cc-5c31)B1c3ccccc3Oc3cc(C(=O)OCc4ccccc4)cc-2c31. The molecule has 64 heavy (non-hydrogen) atoms. The number of benzene rings is 10. The zero-order valence-corrected chi connectivity index (χ0v) is 34.0. The Morgan fingerprint density at radius 2 is 0.859 bits per heavy atom. The van der Waals surface area contributed by atoms with E-state index in [-0.39, 0.29) is 26.6 Å². The highest BCUT2D eigenvalue weighted by molar-refractivity contribution is 7.01. The third-order valence-corrected chi connectivity index (χ3v) is 13.6. The molecule has 14 rings (SSSR count). The summed E-state index contributed by atoms with van der Waals surface area (Å²) in [7, 11) is 0. The Labute approximate surface area is 370 Å². The van der Waals surface area contributed by atoms with E-state index in [1.165, 1.54) is 0 Å².